The lowest BCUT2D eigenvalue weighted by atomic mass is 10.1. The molecule has 25 heavy (non-hydrogen) atoms. The molecule has 4 nitrogen and oxygen atoms in total. The first-order valence-electron chi connectivity index (χ1n) is 8.30. The van der Waals surface area contributed by atoms with Crippen molar-refractivity contribution in [2.24, 2.45) is 0 Å². The average Bonchev–Trinajstić information content (AvgIpc) is 3.05. The summed E-state index contributed by atoms with van der Waals surface area (Å²) in [5.74, 6) is -0.0281. The van der Waals surface area contributed by atoms with E-state index < -0.39 is 0 Å². The van der Waals surface area contributed by atoms with Gasteiger partial charge in [0.15, 0.2) is 0 Å². The Labute approximate surface area is 152 Å². The van der Waals surface area contributed by atoms with Crippen LogP contribution in [-0.4, -0.2) is 15.9 Å². The second-order valence-corrected chi connectivity index (χ2v) is 7.00. The number of amides is 1. The molecule has 1 aromatic carbocycles. The van der Waals surface area contributed by atoms with Crippen molar-refractivity contribution < 1.29 is 4.79 Å². The topological polar surface area (TPSA) is 54.9 Å². The number of carbonyl (C=O) groups is 1. The number of anilines is 1. The second kappa shape index (κ2) is 8.03. The first kappa shape index (κ1) is 17.3. The molecule has 0 spiro atoms. The molecule has 0 saturated carbocycles. The summed E-state index contributed by atoms with van der Waals surface area (Å²) in [6.07, 6.45) is 5.73. The molecular formula is C20H21N3OS. The summed E-state index contributed by atoms with van der Waals surface area (Å²) in [6.45, 7) is 4.06. The summed E-state index contributed by atoms with van der Waals surface area (Å²) in [5.41, 5.74) is 5.23. The number of hydrogen-bond donors (Lipinski definition) is 1. The van der Waals surface area contributed by atoms with E-state index in [1.807, 2.05) is 49.6 Å². The number of aryl methyl sites for hydroxylation is 3. The van der Waals surface area contributed by atoms with Gasteiger partial charge in [-0.1, -0.05) is 12.1 Å². The van der Waals surface area contributed by atoms with E-state index in [1.165, 1.54) is 11.1 Å². The lowest BCUT2D eigenvalue weighted by Crippen LogP contribution is -2.15. The van der Waals surface area contributed by atoms with Crippen LogP contribution in [0.2, 0.25) is 0 Å². The van der Waals surface area contributed by atoms with Crippen molar-refractivity contribution in [2.45, 2.75) is 33.1 Å². The Morgan fingerprint density at radius 3 is 2.72 bits per heavy atom. The van der Waals surface area contributed by atoms with Crippen LogP contribution in [0.25, 0.3) is 0 Å². The zero-order valence-electron chi connectivity index (χ0n) is 14.5. The van der Waals surface area contributed by atoms with Crippen molar-refractivity contribution in [1.29, 1.82) is 0 Å². The normalized spacial score (nSPS) is 10.6. The lowest BCUT2D eigenvalue weighted by Gasteiger charge is -2.09. The summed E-state index contributed by atoms with van der Waals surface area (Å²) in [6, 6.07) is 9.97. The number of thiazole rings is 1. The number of hydrogen-bond acceptors (Lipinski definition) is 4. The smallest absolute Gasteiger partial charge is 0.230 e. The molecule has 0 aliphatic rings. The Balaban J connectivity index is 1.55. The van der Waals surface area contributed by atoms with Crippen molar-refractivity contribution in [3.63, 3.8) is 0 Å². The summed E-state index contributed by atoms with van der Waals surface area (Å²) >= 11 is 1.62. The Hall–Kier alpha value is -2.53. The van der Waals surface area contributed by atoms with Gasteiger partial charge in [0.2, 0.25) is 5.91 Å². The molecule has 0 bridgehead atoms. The first-order chi connectivity index (χ1) is 12.1. The van der Waals surface area contributed by atoms with Gasteiger partial charge in [0.1, 0.15) is 0 Å². The molecule has 2 aromatic heterocycles. The van der Waals surface area contributed by atoms with Crippen molar-refractivity contribution in [3.8, 4) is 0 Å². The van der Waals surface area contributed by atoms with E-state index >= 15 is 0 Å². The van der Waals surface area contributed by atoms with E-state index in [1.54, 1.807) is 23.7 Å². The minimum atomic E-state index is -0.0281. The summed E-state index contributed by atoms with van der Waals surface area (Å²) in [7, 11) is 0. The SMILES string of the molecule is Cc1cccc(NC(=O)Cc2csc(CCc3ccncc3)n2)c1C. The molecule has 1 N–H and O–H groups in total. The van der Waals surface area contributed by atoms with Crippen LogP contribution in [0.3, 0.4) is 0 Å². The predicted octanol–water partition coefficient (Wildman–Crippen LogP) is 4.12. The third kappa shape index (κ3) is 4.73. The highest BCUT2D eigenvalue weighted by Gasteiger charge is 2.10. The van der Waals surface area contributed by atoms with Gasteiger partial charge in [0, 0.05) is 29.9 Å². The second-order valence-electron chi connectivity index (χ2n) is 6.06. The molecule has 0 fully saturated rings. The summed E-state index contributed by atoms with van der Waals surface area (Å²) in [4.78, 5) is 20.9. The van der Waals surface area contributed by atoms with Gasteiger partial charge in [0.05, 0.1) is 17.1 Å². The maximum absolute atomic E-state index is 12.3. The van der Waals surface area contributed by atoms with E-state index in [0.29, 0.717) is 6.42 Å². The van der Waals surface area contributed by atoms with E-state index in [2.05, 4.69) is 15.3 Å². The molecule has 3 aromatic rings. The van der Waals surface area contributed by atoms with E-state index in [4.69, 9.17) is 0 Å². The summed E-state index contributed by atoms with van der Waals surface area (Å²) in [5, 5.41) is 6.02. The van der Waals surface area contributed by atoms with Gasteiger partial charge in [-0.05, 0) is 55.2 Å². The molecule has 0 unspecified atom stereocenters. The van der Waals surface area contributed by atoms with E-state index in [9.17, 15) is 4.79 Å². The quantitative estimate of drug-likeness (QED) is 0.727. The van der Waals surface area contributed by atoms with Gasteiger partial charge >= 0.3 is 0 Å². The number of nitrogens with one attached hydrogen (secondary N) is 1. The molecule has 0 atom stereocenters. The van der Waals surface area contributed by atoms with Crippen molar-refractivity contribution in [1.82, 2.24) is 9.97 Å². The highest BCUT2D eigenvalue weighted by atomic mass is 32.1. The largest absolute Gasteiger partial charge is 0.325 e. The minimum Gasteiger partial charge on any atom is -0.325 e. The third-order valence-corrected chi connectivity index (χ3v) is 5.15. The van der Waals surface area contributed by atoms with Crippen LogP contribution in [0.4, 0.5) is 5.69 Å². The number of nitrogens with zero attached hydrogens (tertiary/aromatic N) is 2. The maximum atomic E-state index is 12.3. The molecule has 0 saturated heterocycles. The molecule has 0 aliphatic carbocycles. The van der Waals surface area contributed by atoms with Gasteiger partial charge in [-0.2, -0.15) is 0 Å². The third-order valence-electron chi connectivity index (χ3n) is 4.20. The van der Waals surface area contributed by atoms with Crippen LogP contribution in [-0.2, 0) is 24.1 Å². The molecule has 0 radical (unpaired) electrons. The van der Waals surface area contributed by atoms with Crippen LogP contribution in [0.1, 0.15) is 27.4 Å². The van der Waals surface area contributed by atoms with Crippen LogP contribution < -0.4 is 5.32 Å². The molecular weight excluding hydrogens is 330 g/mol. The highest BCUT2D eigenvalue weighted by molar-refractivity contribution is 7.09. The fourth-order valence-electron chi connectivity index (χ4n) is 2.59. The Morgan fingerprint density at radius 1 is 1.12 bits per heavy atom. The molecule has 2 heterocycles. The minimum absolute atomic E-state index is 0.0281. The van der Waals surface area contributed by atoms with Crippen molar-refractivity contribution in [3.05, 3.63) is 75.5 Å². The summed E-state index contributed by atoms with van der Waals surface area (Å²) < 4.78 is 0. The van der Waals surface area contributed by atoms with Gasteiger partial charge in [-0.3, -0.25) is 9.78 Å². The lowest BCUT2D eigenvalue weighted by molar-refractivity contribution is -0.115. The molecule has 128 valence electrons. The van der Waals surface area contributed by atoms with Gasteiger partial charge in [-0.25, -0.2) is 4.98 Å². The average molecular weight is 351 g/mol. The van der Waals surface area contributed by atoms with Crippen molar-refractivity contribution in [2.75, 3.05) is 5.32 Å². The number of aromatic nitrogens is 2. The van der Waals surface area contributed by atoms with Crippen LogP contribution in [0.5, 0.6) is 0 Å². The number of carbonyl (C=O) groups excluding carboxylic acids is 1. The van der Waals surface area contributed by atoms with Crippen LogP contribution in [0, 0.1) is 13.8 Å². The van der Waals surface area contributed by atoms with Gasteiger partial charge in [0.25, 0.3) is 0 Å². The fourth-order valence-corrected chi connectivity index (χ4v) is 3.39. The van der Waals surface area contributed by atoms with E-state index in [0.717, 1.165) is 34.8 Å². The molecule has 5 heteroatoms. The zero-order valence-corrected chi connectivity index (χ0v) is 15.3. The van der Waals surface area contributed by atoms with Crippen LogP contribution >= 0.6 is 11.3 Å². The number of pyridine rings is 1. The predicted molar refractivity (Wildman–Crippen MR) is 102 cm³/mol. The first-order valence-corrected chi connectivity index (χ1v) is 9.18. The Kier molecular flexibility index (Phi) is 5.56. The van der Waals surface area contributed by atoms with Gasteiger partial charge in [-0.15, -0.1) is 11.3 Å². The van der Waals surface area contributed by atoms with Crippen LogP contribution in [0.15, 0.2) is 48.1 Å². The standard InChI is InChI=1S/C20H21N3OS/c1-14-4-3-5-18(15(14)2)23-19(24)12-17-13-25-20(22-17)7-6-16-8-10-21-11-9-16/h3-5,8-11,13H,6-7,12H2,1-2H3,(H,23,24). The molecule has 3 rings (SSSR count). The Bertz CT molecular complexity index is 858. The van der Waals surface area contributed by atoms with Crippen molar-refractivity contribution >= 4 is 22.9 Å². The number of benzene rings is 1. The monoisotopic (exact) mass is 351 g/mol. The maximum Gasteiger partial charge on any atom is 0.230 e. The highest BCUT2D eigenvalue weighted by Crippen LogP contribution is 2.19. The zero-order chi connectivity index (χ0) is 17.6. The molecule has 1 amide bonds. The molecule has 0 aliphatic heterocycles. The fraction of sp³-hybridized carbons (Fsp3) is 0.250. The van der Waals surface area contributed by atoms with E-state index in [-0.39, 0.29) is 5.91 Å². The van der Waals surface area contributed by atoms with Gasteiger partial charge < -0.3 is 5.32 Å². The Morgan fingerprint density at radius 2 is 1.92 bits per heavy atom. The number of rotatable bonds is 6.